The molecule has 0 saturated heterocycles. The summed E-state index contributed by atoms with van der Waals surface area (Å²) in [6.07, 6.45) is 7.77. The van der Waals surface area contributed by atoms with Gasteiger partial charge in [-0.1, -0.05) is 239 Å². The summed E-state index contributed by atoms with van der Waals surface area (Å²) in [4.78, 5) is 73.9. The summed E-state index contributed by atoms with van der Waals surface area (Å²) in [7, 11) is -1.28. The maximum Gasteiger partial charge on any atom is 0.155 e. The van der Waals surface area contributed by atoms with Crippen molar-refractivity contribution in [1.29, 1.82) is 0 Å². The number of aliphatic hydroxyl groups is 5. The van der Waals surface area contributed by atoms with Crippen LogP contribution in [0.2, 0.25) is 19.6 Å². The Balaban J connectivity index is -0.000000508. The summed E-state index contributed by atoms with van der Waals surface area (Å²) in [5.41, 5.74) is 33.0. The summed E-state index contributed by atoms with van der Waals surface area (Å²) < 4.78 is 0. The zero-order chi connectivity index (χ0) is 99.7. The molecular weight excluding hydrogens is 2700 g/mol. The Labute approximate surface area is 928 Å². The third-order valence-corrected chi connectivity index (χ3v) is 21.8. The second-order valence-electron chi connectivity index (χ2n) is 35.0. The van der Waals surface area contributed by atoms with Crippen molar-refractivity contribution in [3.8, 4) is 56.3 Å². The molecule has 0 fully saturated rings. The number of fused-ring (bicyclic) bond motifs is 5. The number of hydrogen-bond acceptors (Lipinski definition) is 15. The standard InChI is InChI=1S/C20H22NSi.2C19H18N.C18H16N.C17H14N.5C5H8O2.5CH4.5Ir/c1-14-10-15(2)12-17(11-14)20-8-6-16-13-18(22(3,4)5)7-9-19(16)21-20;1-12-7-13(2)10-16(9-12)18-6-5-17-15(4)8-14(3)11-19(17)20-18;1-12-5-6-17-15(4)11-18(20-19(17)10-12)16-8-13(2)7-14(3)9-16;1-12-4-6-17-15(9-12)5-7-18(19-17)16-10-13(2)8-14(3)11-16;1-12-6-5-8-14(10-12)17-13(2)16-9-4-3-7-15(16)11-18-17;5*1-4(6)3-5(2)7;;;;;;;;;;/h6-11,13H,1-5H3;5-9,11H,1-4H3;5-8,10-11H,1-4H3;4-10H,1-3H3;3-7,9-11H,1-2H3;5*3,6H,1-2H3;5*1H4;;;;;/q5*-1;;;;;;;;;;;;;;;. The van der Waals surface area contributed by atoms with Gasteiger partial charge in [0, 0.05) is 148 Å². The molecule has 10 aromatic carbocycles. The molecule has 5 radical (unpaired) electrons. The summed E-state index contributed by atoms with van der Waals surface area (Å²) in [6.45, 7) is 52.9. The summed E-state index contributed by atoms with van der Waals surface area (Å²) in [5, 5.41) is 50.6. The van der Waals surface area contributed by atoms with Crippen LogP contribution in [0.3, 0.4) is 0 Å². The second kappa shape index (κ2) is 68.2. The van der Waals surface area contributed by atoms with Crippen LogP contribution in [-0.4, -0.2) is 87.4 Å². The van der Waals surface area contributed by atoms with Crippen LogP contribution >= 0.6 is 0 Å². The van der Waals surface area contributed by atoms with E-state index in [4.69, 9.17) is 45.5 Å². The van der Waals surface area contributed by atoms with Crippen LogP contribution < -0.4 is 5.19 Å². The topological polar surface area (TPSA) is 251 Å². The van der Waals surface area contributed by atoms with Crippen molar-refractivity contribution in [2.45, 2.75) is 230 Å². The molecular formula is C123H148Ir5N5O10Si-5. The number of benzene rings is 10. The van der Waals surface area contributed by atoms with Gasteiger partial charge in [-0.2, -0.15) is 0 Å². The number of rotatable bonds is 11. The Kier molecular flexibility index (Phi) is 66.9. The van der Waals surface area contributed by atoms with Crippen molar-refractivity contribution in [2.24, 2.45) is 0 Å². The van der Waals surface area contributed by atoms with Crippen LogP contribution in [0.1, 0.15) is 190 Å². The number of ketones is 5. The first-order valence-electron chi connectivity index (χ1n) is 44.2. The number of allylic oxidation sites excluding steroid dienone is 10. The number of hydrogen-bond donors (Lipinski definition) is 5. The van der Waals surface area contributed by atoms with E-state index >= 15 is 0 Å². The van der Waals surface area contributed by atoms with Gasteiger partial charge in [0.05, 0.1) is 58.9 Å². The molecule has 0 atom stereocenters. The smallest absolute Gasteiger partial charge is 0.155 e. The summed E-state index contributed by atoms with van der Waals surface area (Å²) >= 11 is 0. The Bertz CT molecular complexity index is 6650. The normalized spacial score (nSPS) is 10.4. The van der Waals surface area contributed by atoms with Gasteiger partial charge in [0.2, 0.25) is 0 Å². The van der Waals surface area contributed by atoms with Crippen molar-refractivity contribution in [3.63, 3.8) is 0 Å². The second-order valence-corrected chi connectivity index (χ2v) is 40.1. The van der Waals surface area contributed by atoms with Gasteiger partial charge in [-0.05, 0) is 213 Å². The van der Waals surface area contributed by atoms with E-state index in [1.807, 2.05) is 18.3 Å². The van der Waals surface area contributed by atoms with Gasteiger partial charge in [-0.25, -0.2) is 0 Å². The molecule has 5 N–H and O–H groups in total. The molecule has 15 nitrogen and oxygen atoms in total. The van der Waals surface area contributed by atoms with E-state index in [-0.39, 0.29) is 195 Å². The van der Waals surface area contributed by atoms with Gasteiger partial charge in [-0.15, -0.1) is 175 Å². The first-order chi connectivity index (χ1) is 62.9. The average molecular weight is 2850 g/mol. The molecule has 0 aliphatic carbocycles. The van der Waals surface area contributed by atoms with Crippen molar-refractivity contribution in [1.82, 2.24) is 24.9 Å². The minimum atomic E-state index is -1.28. The first-order valence-corrected chi connectivity index (χ1v) is 47.7. The fraction of sp³-hybridized carbons (Fsp3) is 0.268. The van der Waals surface area contributed by atoms with Gasteiger partial charge >= 0.3 is 0 Å². The van der Waals surface area contributed by atoms with E-state index in [0.717, 1.165) is 101 Å². The number of aromatic nitrogens is 5. The largest absolute Gasteiger partial charge is 0.512 e. The number of pyridine rings is 5. The van der Waals surface area contributed by atoms with Crippen LogP contribution in [-0.2, 0) is 124 Å². The molecule has 5 aromatic heterocycles. The van der Waals surface area contributed by atoms with Crippen molar-refractivity contribution in [3.05, 3.63) is 379 Å². The Morgan fingerprint density at radius 3 is 0.958 bits per heavy atom. The number of aliphatic hydroxyl groups excluding tert-OH is 5. The molecule has 5 heterocycles. The molecule has 21 heteroatoms. The third-order valence-electron chi connectivity index (χ3n) is 19.8. The predicted molar refractivity (Wildman–Crippen MR) is 593 cm³/mol. The third kappa shape index (κ3) is 49.6. The summed E-state index contributed by atoms with van der Waals surface area (Å²) in [5.74, 6) is -0.312. The van der Waals surface area contributed by atoms with Gasteiger partial charge in [0.25, 0.3) is 0 Å². The molecule has 779 valence electrons. The number of aryl methyl sites for hydroxylation is 15. The number of carbonyl (C=O) groups excluding carboxylic acids is 5. The number of nitrogens with zero attached hydrogens (tertiary/aromatic N) is 5. The zero-order valence-electron chi connectivity index (χ0n) is 84.7. The molecule has 0 saturated carbocycles. The van der Waals surface area contributed by atoms with Gasteiger partial charge in [0.1, 0.15) is 0 Å². The Hall–Kier alpha value is -11.2. The first kappa shape index (κ1) is 141. The van der Waals surface area contributed by atoms with Crippen LogP contribution in [0.25, 0.3) is 111 Å². The molecule has 0 aliphatic heterocycles. The maximum absolute atomic E-state index is 10.0. The molecule has 0 spiro atoms. The zero-order valence-corrected chi connectivity index (χ0v) is 97.7. The van der Waals surface area contributed by atoms with Crippen molar-refractivity contribution in [2.75, 3.05) is 0 Å². The van der Waals surface area contributed by atoms with E-state index in [1.54, 1.807) is 0 Å². The van der Waals surface area contributed by atoms with E-state index in [1.165, 1.54) is 198 Å². The van der Waals surface area contributed by atoms with E-state index < -0.39 is 8.07 Å². The molecule has 0 aliphatic rings. The fourth-order valence-electron chi connectivity index (χ4n) is 14.4. The average Bonchev–Trinajstić information content (AvgIpc) is 0.800. The monoisotopic (exact) mass is 2850 g/mol. The Morgan fingerprint density at radius 1 is 0.285 bits per heavy atom. The molecule has 144 heavy (non-hydrogen) atoms. The van der Waals surface area contributed by atoms with E-state index in [0.29, 0.717) is 0 Å². The SMILES string of the molecule is C.C.C.C.C.CC(=O)C=C(C)O.CC(=O)C=C(C)O.CC(=O)C=C(C)O.CC(=O)C=C(C)O.CC(=O)C=C(C)O.Cc1[c-]c(-c2cc(C)c3ccc(C)cc3n2)cc(C)c1.Cc1[c-]c(-c2ccc3c(C)cc(C)cc3n2)cc(C)c1.Cc1[c-]c(-c2ccc3cc(C)ccc3n2)cc(C)c1.Cc1[c-]c(-c2ccc3cc([Si](C)(C)C)ccc3n2)cc(C)c1.Cc1cc[c-]c(-c2ncc3ccccc3c2C)c1.[Ir].[Ir].[Ir].[Ir].[Ir]. The fourth-order valence-corrected chi connectivity index (χ4v) is 15.6. The van der Waals surface area contributed by atoms with Crippen LogP contribution in [0.5, 0.6) is 0 Å². The van der Waals surface area contributed by atoms with Crippen molar-refractivity contribution < 1.29 is 150 Å². The van der Waals surface area contributed by atoms with Gasteiger partial charge < -0.3 is 30.5 Å². The summed E-state index contributed by atoms with van der Waals surface area (Å²) in [6, 6.07) is 87.3. The number of carbonyl (C=O) groups is 5. The quantitative estimate of drug-likeness (QED) is 0.0349. The minimum Gasteiger partial charge on any atom is -0.512 e. The van der Waals surface area contributed by atoms with Crippen LogP contribution in [0.15, 0.2) is 266 Å². The molecule has 15 aromatic rings. The molecule has 0 unspecified atom stereocenters. The van der Waals surface area contributed by atoms with E-state index in [2.05, 4.69) is 347 Å². The van der Waals surface area contributed by atoms with Gasteiger partial charge in [0.15, 0.2) is 28.9 Å². The predicted octanol–water partition coefficient (Wildman–Crippen LogP) is 32.0. The molecule has 0 amide bonds. The maximum atomic E-state index is 10.0. The van der Waals surface area contributed by atoms with Gasteiger partial charge in [-0.3, -0.25) is 43.9 Å². The Morgan fingerprint density at radius 2 is 0.590 bits per heavy atom. The van der Waals surface area contributed by atoms with Crippen LogP contribution in [0, 0.1) is 134 Å². The van der Waals surface area contributed by atoms with Crippen LogP contribution in [0.4, 0.5) is 0 Å². The molecule has 0 bridgehead atoms. The van der Waals surface area contributed by atoms with Crippen molar-refractivity contribution >= 4 is 96.6 Å². The minimum absolute atomic E-state index is 0. The van der Waals surface area contributed by atoms with E-state index in [9.17, 15) is 24.0 Å². The molecule has 15 rings (SSSR count).